The van der Waals surface area contributed by atoms with E-state index in [0.717, 1.165) is 6.20 Å². The maximum Gasteiger partial charge on any atom is 0.418 e. The summed E-state index contributed by atoms with van der Waals surface area (Å²) in [6, 6.07) is 2.72. The summed E-state index contributed by atoms with van der Waals surface area (Å²) in [5.41, 5.74) is 0.00317. The molecular weight excluding hydrogens is 210 g/mol. The lowest BCUT2D eigenvalue weighted by atomic mass is 10.3. The Labute approximate surface area is 82.7 Å². The standard InChI is InChI=1S/C8H6F2N2O3/c9-8(10,7(14)15)6(13)12-5-2-1-3-11-4-5/h1-4H,(H,12,13)(H,14,15). The molecule has 0 unspecified atom stereocenters. The van der Waals surface area contributed by atoms with Crippen LogP contribution in [0.4, 0.5) is 14.5 Å². The lowest BCUT2D eigenvalue weighted by Crippen LogP contribution is -2.41. The summed E-state index contributed by atoms with van der Waals surface area (Å²) in [5, 5.41) is 9.79. The third kappa shape index (κ3) is 2.46. The van der Waals surface area contributed by atoms with Crippen LogP contribution >= 0.6 is 0 Å². The molecule has 0 aliphatic rings. The molecule has 1 aromatic heterocycles. The summed E-state index contributed by atoms with van der Waals surface area (Å²) in [6.45, 7) is 0. The first-order valence-electron chi connectivity index (χ1n) is 3.77. The van der Waals surface area contributed by atoms with Gasteiger partial charge in [-0.25, -0.2) is 4.79 Å². The number of carbonyl (C=O) groups excluding carboxylic acids is 1. The highest BCUT2D eigenvalue weighted by Gasteiger charge is 2.47. The van der Waals surface area contributed by atoms with Gasteiger partial charge in [-0.05, 0) is 12.1 Å². The quantitative estimate of drug-likeness (QED) is 0.730. The molecule has 7 heteroatoms. The van der Waals surface area contributed by atoms with Crippen molar-refractivity contribution < 1.29 is 23.5 Å². The zero-order chi connectivity index (χ0) is 11.5. The Bertz CT molecular complexity index is 381. The van der Waals surface area contributed by atoms with Crippen molar-refractivity contribution in [2.45, 2.75) is 5.92 Å². The maximum atomic E-state index is 12.6. The Morgan fingerprint density at radius 3 is 2.60 bits per heavy atom. The van der Waals surface area contributed by atoms with Crippen molar-refractivity contribution in [2.75, 3.05) is 5.32 Å². The number of carboxylic acids is 1. The lowest BCUT2D eigenvalue weighted by Gasteiger charge is -2.10. The van der Waals surface area contributed by atoms with Gasteiger partial charge >= 0.3 is 17.8 Å². The summed E-state index contributed by atoms with van der Waals surface area (Å²) >= 11 is 0. The van der Waals surface area contributed by atoms with E-state index in [2.05, 4.69) is 4.98 Å². The second kappa shape index (κ2) is 3.99. The van der Waals surface area contributed by atoms with Gasteiger partial charge in [0.05, 0.1) is 11.9 Å². The molecule has 1 aromatic rings. The number of rotatable bonds is 3. The number of nitrogens with zero attached hydrogens (tertiary/aromatic N) is 1. The first-order valence-corrected chi connectivity index (χ1v) is 3.77. The van der Waals surface area contributed by atoms with E-state index in [-0.39, 0.29) is 5.69 Å². The predicted molar refractivity (Wildman–Crippen MR) is 45.4 cm³/mol. The number of amides is 1. The van der Waals surface area contributed by atoms with Crippen LogP contribution in [0.2, 0.25) is 0 Å². The fraction of sp³-hybridized carbons (Fsp3) is 0.125. The summed E-state index contributed by atoms with van der Waals surface area (Å²) in [7, 11) is 0. The van der Waals surface area contributed by atoms with Gasteiger partial charge in [-0.1, -0.05) is 0 Å². The van der Waals surface area contributed by atoms with Crippen molar-refractivity contribution in [2.24, 2.45) is 0 Å². The SMILES string of the molecule is O=C(O)C(F)(F)C(=O)Nc1cccnc1. The number of carboxylic acid groups (broad SMARTS) is 1. The molecule has 0 spiro atoms. The molecular formula is C8H6F2N2O3. The van der Waals surface area contributed by atoms with Gasteiger partial charge < -0.3 is 10.4 Å². The first kappa shape index (κ1) is 11.0. The number of aliphatic carboxylic acids is 1. The number of hydrogen-bond acceptors (Lipinski definition) is 3. The molecule has 1 rings (SSSR count). The molecule has 0 saturated carbocycles. The molecule has 0 atom stereocenters. The van der Waals surface area contributed by atoms with Gasteiger partial charge in [0.25, 0.3) is 0 Å². The van der Waals surface area contributed by atoms with Gasteiger partial charge in [-0.3, -0.25) is 9.78 Å². The number of hydrogen-bond donors (Lipinski definition) is 2. The average Bonchev–Trinajstić information content (AvgIpc) is 2.18. The number of alkyl halides is 2. The van der Waals surface area contributed by atoms with Gasteiger partial charge in [0.2, 0.25) is 0 Å². The van der Waals surface area contributed by atoms with Crippen LogP contribution < -0.4 is 5.32 Å². The Balaban J connectivity index is 2.77. The molecule has 0 aromatic carbocycles. The molecule has 15 heavy (non-hydrogen) atoms. The maximum absolute atomic E-state index is 12.6. The Morgan fingerprint density at radius 1 is 1.47 bits per heavy atom. The van der Waals surface area contributed by atoms with Gasteiger partial charge in [0, 0.05) is 6.20 Å². The fourth-order valence-corrected chi connectivity index (χ4v) is 0.743. The molecule has 1 amide bonds. The Kier molecular flexibility index (Phi) is 2.93. The van der Waals surface area contributed by atoms with Crippen molar-refractivity contribution in [3.8, 4) is 0 Å². The molecule has 2 N–H and O–H groups in total. The number of halogens is 2. The van der Waals surface area contributed by atoms with E-state index in [1.807, 2.05) is 0 Å². The van der Waals surface area contributed by atoms with Crippen LogP contribution in [-0.4, -0.2) is 27.9 Å². The van der Waals surface area contributed by atoms with Crippen LogP contribution in [0.25, 0.3) is 0 Å². The summed E-state index contributed by atoms with van der Waals surface area (Å²) in [5.74, 6) is -8.84. The van der Waals surface area contributed by atoms with Crippen molar-refractivity contribution in [1.82, 2.24) is 4.98 Å². The monoisotopic (exact) mass is 216 g/mol. The molecule has 0 saturated heterocycles. The molecule has 1 heterocycles. The largest absolute Gasteiger partial charge is 0.476 e. The Hall–Kier alpha value is -2.05. The van der Waals surface area contributed by atoms with E-state index in [9.17, 15) is 18.4 Å². The van der Waals surface area contributed by atoms with Gasteiger partial charge in [0.15, 0.2) is 0 Å². The van der Waals surface area contributed by atoms with E-state index in [0.29, 0.717) is 0 Å². The van der Waals surface area contributed by atoms with E-state index in [4.69, 9.17) is 5.11 Å². The van der Waals surface area contributed by atoms with Crippen molar-refractivity contribution in [1.29, 1.82) is 0 Å². The normalized spacial score (nSPS) is 10.8. The molecule has 0 fully saturated rings. The second-order valence-corrected chi connectivity index (χ2v) is 2.58. The van der Waals surface area contributed by atoms with Crippen LogP contribution in [-0.2, 0) is 9.59 Å². The number of carbonyl (C=O) groups is 2. The Morgan fingerprint density at radius 2 is 2.13 bits per heavy atom. The molecule has 0 aliphatic heterocycles. The van der Waals surface area contributed by atoms with Crippen molar-refractivity contribution in [3.63, 3.8) is 0 Å². The minimum absolute atomic E-state index is 0.00317. The van der Waals surface area contributed by atoms with Gasteiger partial charge in [-0.15, -0.1) is 0 Å². The zero-order valence-corrected chi connectivity index (χ0v) is 7.28. The topological polar surface area (TPSA) is 79.3 Å². The zero-order valence-electron chi connectivity index (χ0n) is 7.28. The molecule has 0 radical (unpaired) electrons. The lowest BCUT2D eigenvalue weighted by molar-refractivity contribution is -0.169. The fourth-order valence-electron chi connectivity index (χ4n) is 0.743. The molecule has 0 bridgehead atoms. The number of anilines is 1. The molecule has 0 aliphatic carbocycles. The number of aromatic nitrogens is 1. The van der Waals surface area contributed by atoms with Crippen LogP contribution in [0, 0.1) is 0 Å². The second-order valence-electron chi connectivity index (χ2n) is 2.58. The third-order valence-corrected chi connectivity index (χ3v) is 1.47. The highest BCUT2D eigenvalue weighted by molar-refractivity contribution is 6.09. The summed E-state index contributed by atoms with van der Waals surface area (Å²) < 4.78 is 25.2. The van der Waals surface area contributed by atoms with E-state index in [1.165, 1.54) is 18.3 Å². The highest BCUT2D eigenvalue weighted by atomic mass is 19.3. The van der Waals surface area contributed by atoms with Crippen LogP contribution in [0.5, 0.6) is 0 Å². The summed E-state index contributed by atoms with van der Waals surface area (Å²) in [4.78, 5) is 24.4. The van der Waals surface area contributed by atoms with Crippen molar-refractivity contribution >= 4 is 17.6 Å². The van der Waals surface area contributed by atoms with Gasteiger partial charge in [-0.2, -0.15) is 8.78 Å². The minimum Gasteiger partial charge on any atom is -0.476 e. The predicted octanol–water partition coefficient (Wildman–Crippen LogP) is 0.740. The van der Waals surface area contributed by atoms with Crippen LogP contribution in [0.3, 0.4) is 0 Å². The number of pyridine rings is 1. The summed E-state index contributed by atoms with van der Waals surface area (Å²) in [6.07, 6.45) is 2.50. The van der Waals surface area contributed by atoms with E-state index in [1.54, 1.807) is 5.32 Å². The highest BCUT2D eigenvalue weighted by Crippen LogP contribution is 2.16. The third-order valence-electron chi connectivity index (χ3n) is 1.47. The molecule has 5 nitrogen and oxygen atoms in total. The minimum atomic E-state index is -4.45. The van der Waals surface area contributed by atoms with E-state index < -0.39 is 17.8 Å². The van der Waals surface area contributed by atoms with Crippen molar-refractivity contribution in [3.05, 3.63) is 24.5 Å². The van der Waals surface area contributed by atoms with Crippen LogP contribution in [0.1, 0.15) is 0 Å². The first-order chi connectivity index (χ1) is 6.94. The number of nitrogens with one attached hydrogen (secondary N) is 1. The van der Waals surface area contributed by atoms with E-state index >= 15 is 0 Å². The smallest absolute Gasteiger partial charge is 0.418 e. The average molecular weight is 216 g/mol. The van der Waals surface area contributed by atoms with Gasteiger partial charge in [0.1, 0.15) is 0 Å². The molecule has 80 valence electrons. The van der Waals surface area contributed by atoms with Crippen LogP contribution in [0.15, 0.2) is 24.5 Å².